The molecule has 0 radical (unpaired) electrons. The van der Waals surface area contributed by atoms with Crippen molar-refractivity contribution in [1.29, 1.82) is 0 Å². The van der Waals surface area contributed by atoms with Crippen LogP contribution >= 0.6 is 0 Å². The van der Waals surface area contributed by atoms with Gasteiger partial charge in [-0.3, -0.25) is 0 Å². The Balaban J connectivity index is 2.23. The molecule has 0 saturated carbocycles. The van der Waals surface area contributed by atoms with Crippen LogP contribution in [0.25, 0.3) is 0 Å². The average Bonchev–Trinajstić information content (AvgIpc) is 3.33. The number of hydrogen-bond acceptors (Lipinski definition) is 1. The van der Waals surface area contributed by atoms with Crippen LogP contribution in [0, 0.1) is 0 Å². The Morgan fingerprint density at radius 1 is 0.273 bits per heavy atom. The van der Waals surface area contributed by atoms with Crippen LogP contribution in [-0.4, -0.2) is 18.2 Å². The highest BCUT2D eigenvalue weighted by Gasteiger charge is 2.24. The smallest absolute Gasteiger partial charge is 0.280 e. The first kappa shape index (κ1) is 63.4. The molecule has 0 fully saturated rings. The van der Waals surface area contributed by atoms with Crippen LogP contribution in [-0.2, 0) is 0 Å². The summed E-state index contributed by atoms with van der Waals surface area (Å²) in [6.07, 6.45) is 86.5. The molecule has 390 valence electrons. The Morgan fingerprint density at radius 3 is 0.773 bits per heavy atom. The van der Waals surface area contributed by atoms with Crippen molar-refractivity contribution in [1.82, 2.24) is 4.81 Å². The molecule has 0 bridgehead atoms. The zero-order valence-electron chi connectivity index (χ0n) is 46.6. The first-order chi connectivity index (χ1) is 32.8. The van der Waals surface area contributed by atoms with Gasteiger partial charge in [0.25, 0.3) is 6.85 Å². The van der Waals surface area contributed by atoms with Crippen LogP contribution in [0.3, 0.4) is 0 Å². The van der Waals surface area contributed by atoms with Crippen LogP contribution in [0.5, 0.6) is 0 Å². The normalized spacial score (nSPS) is 12.9. The Morgan fingerprint density at radius 2 is 0.500 bits per heavy atom. The maximum Gasteiger partial charge on any atom is 0.280 e. The molecule has 1 aliphatic rings. The standard InChI is InChI=1S/C64H126BN/c1-4-7-10-13-16-19-22-25-28-31-34-37-40-43-46-49-52-55-59-64-60-58-62-65(61-56-53-50-47-44-41-38-35-32-29-26-23-20-17-14-11-8-5-2)66(64)63-57-54-51-48-45-42-39-36-33-30-27-24-21-18-15-12-9-6-3/h58,60,62H,4-57,59,61,63H2,1-3H3. The summed E-state index contributed by atoms with van der Waals surface area (Å²) >= 11 is 0. The molecule has 2 heteroatoms. The van der Waals surface area contributed by atoms with Crippen molar-refractivity contribution in [3.8, 4) is 0 Å². The van der Waals surface area contributed by atoms with Crippen LogP contribution in [0.4, 0.5) is 0 Å². The maximum absolute atomic E-state index is 2.90. The van der Waals surface area contributed by atoms with Gasteiger partial charge in [-0.25, -0.2) is 0 Å². The molecule has 0 aromatic heterocycles. The van der Waals surface area contributed by atoms with Crippen molar-refractivity contribution < 1.29 is 0 Å². The Bertz CT molecular complexity index is 955. The van der Waals surface area contributed by atoms with E-state index in [0.717, 1.165) is 0 Å². The highest BCUT2D eigenvalue weighted by Crippen LogP contribution is 2.26. The van der Waals surface area contributed by atoms with E-state index in [1.54, 1.807) is 5.70 Å². The van der Waals surface area contributed by atoms with E-state index in [2.05, 4.69) is 43.7 Å². The van der Waals surface area contributed by atoms with Gasteiger partial charge in [-0.2, -0.15) is 0 Å². The van der Waals surface area contributed by atoms with Gasteiger partial charge in [0.1, 0.15) is 0 Å². The molecule has 0 N–H and O–H groups in total. The van der Waals surface area contributed by atoms with Crippen molar-refractivity contribution >= 4 is 6.85 Å². The Kier molecular flexibility index (Phi) is 53.1. The second-order valence-electron chi connectivity index (χ2n) is 22.4. The summed E-state index contributed by atoms with van der Waals surface area (Å²) in [7, 11) is 0. The van der Waals surface area contributed by atoms with E-state index in [-0.39, 0.29) is 0 Å². The third kappa shape index (κ3) is 45.8. The maximum atomic E-state index is 2.90. The number of nitrogens with zero attached hydrogens (tertiary/aromatic N) is 1. The van der Waals surface area contributed by atoms with Gasteiger partial charge >= 0.3 is 0 Å². The van der Waals surface area contributed by atoms with Crippen molar-refractivity contribution in [3.63, 3.8) is 0 Å². The van der Waals surface area contributed by atoms with E-state index < -0.39 is 0 Å². The number of unbranched alkanes of at least 4 members (excludes halogenated alkanes) is 51. The van der Waals surface area contributed by atoms with Crippen molar-refractivity contribution in [2.24, 2.45) is 0 Å². The van der Waals surface area contributed by atoms with E-state index in [1.165, 1.54) is 366 Å². The molecule has 0 atom stereocenters. The summed E-state index contributed by atoms with van der Waals surface area (Å²) in [4.78, 5) is 2.90. The van der Waals surface area contributed by atoms with E-state index >= 15 is 0 Å². The van der Waals surface area contributed by atoms with Gasteiger partial charge in [0.05, 0.1) is 0 Å². The lowest BCUT2D eigenvalue weighted by molar-refractivity contribution is 0.453. The molecule has 0 aromatic carbocycles. The fourth-order valence-corrected chi connectivity index (χ4v) is 11.1. The molecule has 1 rings (SSSR count). The molecular formula is C64H126BN. The van der Waals surface area contributed by atoms with Gasteiger partial charge in [0.2, 0.25) is 0 Å². The lowest BCUT2D eigenvalue weighted by Gasteiger charge is -2.35. The molecule has 0 aromatic rings. The van der Waals surface area contributed by atoms with Gasteiger partial charge < -0.3 is 4.81 Å². The second kappa shape index (κ2) is 55.3. The van der Waals surface area contributed by atoms with Gasteiger partial charge in [0.15, 0.2) is 0 Å². The first-order valence-electron chi connectivity index (χ1n) is 32.0. The zero-order valence-corrected chi connectivity index (χ0v) is 46.6. The zero-order chi connectivity index (χ0) is 47.2. The van der Waals surface area contributed by atoms with Crippen molar-refractivity contribution in [2.75, 3.05) is 6.54 Å². The summed E-state index contributed by atoms with van der Waals surface area (Å²) in [5, 5.41) is 0. The molecule has 1 nitrogen and oxygen atoms in total. The molecule has 0 unspecified atom stereocenters. The molecule has 0 saturated heterocycles. The van der Waals surface area contributed by atoms with Crippen LogP contribution in [0.2, 0.25) is 6.32 Å². The van der Waals surface area contributed by atoms with Crippen LogP contribution in [0.1, 0.15) is 374 Å². The van der Waals surface area contributed by atoms with Gasteiger partial charge in [-0.05, 0) is 31.7 Å². The van der Waals surface area contributed by atoms with Gasteiger partial charge in [-0.15, -0.1) is 0 Å². The largest absolute Gasteiger partial charge is 0.414 e. The minimum atomic E-state index is 0.646. The van der Waals surface area contributed by atoms with E-state index in [0.29, 0.717) is 6.85 Å². The van der Waals surface area contributed by atoms with Crippen molar-refractivity contribution in [2.45, 2.75) is 380 Å². The number of rotatable bonds is 57. The second-order valence-corrected chi connectivity index (χ2v) is 22.4. The minimum Gasteiger partial charge on any atom is -0.414 e. The molecule has 1 heterocycles. The predicted octanol–water partition coefficient (Wildman–Crippen LogP) is 23.8. The number of allylic oxidation sites excluding steroid dienone is 3. The van der Waals surface area contributed by atoms with Gasteiger partial charge in [-0.1, -0.05) is 367 Å². The molecular weight excluding hydrogens is 794 g/mol. The van der Waals surface area contributed by atoms with Gasteiger partial charge in [0, 0.05) is 12.2 Å². The molecule has 0 spiro atoms. The molecule has 1 aliphatic heterocycles. The third-order valence-corrected chi connectivity index (χ3v) is 15.8. The first-order valence-corrected chi connectivity index (χ1v) is 32.0. The van der Waals surface area contributed by atoms with Crippen LogP contribution < -0.4 is 0 Å². The van der Waals surface area contributed by atoms with Crippen molar-refractivity contribution in [3.05, 3.63) is 23.8 Å². The molecule has 0 amide bonds. The number of hydrogen-bond donors (Lipinski definition) is 0. The van der Waals surface area contributed by atoms with E-state index in [9.17, 15) is 0 Å². The minimum absolute atomic E-state index is 0.646. The van der Waals surface area contributed by atoms with E-state index in [1.807, 2.05) is 0 Å². The fraction of sp³-hybridized carbons (Fsp3) is 0.938. The highest BCUT2D eigenvalue weighted by atomic mass is 15.1. The Labute approximate surface area is 420 Å². The average molecular weight is 921 g/mol. The summed E-state index contributed by atoms with van der Waals surface area (Å²) < 4.78 is 0. The third-order valence-electron chi connectivity index (χ3n) is 15.8. The summed E-state index contributed by atoms with van der Waals surface area (Å²) in [5.74, 6) is 2.57. The van der Waals surface area contributed by atoms with Crippen LogP contribution in [0.15, 0.2) is 23.8 Å². The predicted molar refractivity (Wildman–Crippen MR) is 305 cm³/mol. The van der Waals surface area contributed by atoms with E-state index in [4.69, 9.17) is 0 Å². The lowest BCUT2D eigenvalue weighted by atomic mass is 9.54. The quantitative estimate of drug-likeness (QED) is 0.0434. The molecule has 66 heavy (non-hydrogen) atoms. The Hall–Kier alpha value is -0.655. The lowest BCUT2D eigenvalue weighted by Crippen LogP contribution is -2.39. The monoisotopic (exact) mass is 920 g/mol. The summed E-state index contributed by atoms with van der Waals surface area (Å²) in [5.41, 5.74) is 1.67. The molecule has 0 aliphatic carbocycles. The topological polar surface area (TPSA) is 3.24 Å². The highest BCUT2D eigenvalue weighted by molar-refractivity contribution is 6.62. The summed E-state index contributed by atoms with van der Waals surface area (Å²) in [6.45, 7) is 8.90. The summed E-state index contributed by atoms with van der Waals surface area (Å²) in [6, 6.07) is 0. The fourth-order valence-electron chi connectivity index (χ4n) is 11.1. The SMILES string of the molecule is CCCCCCCCCCCCCCCCCCCCB1C=CC=C(CCCCCCCCCCCCCCCCCCCC)N1CCCCCCCCCCCCCCCCCCCC.